The van der Waals surface area contributed by atoms with Gasteiger partial charge in [0.2, 0.25) is 0 Å². The summed E-state index contributed by atoms with van der Waals surface area (Å²) in [6.07, 6.45) is 3.21. The Bertz CT molecular complexity index is 1070. The van der Waals surface area contributed by atoms with E-state index in [2.05, 4.69) is 19.8 Å². The molecular weight excluding hydrogens is 346 g/mol. The molecule has 4 aromatic rings. The van der Waals surface area contributed by atoms with E-state index in [0.717, 1.165) is 10.4 Å². The molecule has 24 heavy (non-hydrogen) atoms. The van der Waals surface area contributed by atoms with Gasteiger partial charge in [0.05, 0.1) is 4.90 Å². The number of fused-ring (bicyclic) bond motifs is 1. The molecule has 0 amide bonds. The van der Waals surface area contributed by atoms with Crippen LogP contribution in [0.15, 0.2) is 65.1 Å². The van der Waals surface area contributed by atoms with Crippen molar-refractivity contribution >= 4 is 33.1 Å². The van der Waals surface area contributed by atoms with Crippen molar-refractivity contribution in [3.8, 4) is 10.4 Å². The fraction of sp³-hybridized carbons (Fsp3) is 0. The van der Waals surface area contributed by atoms with Crippen molar-refractivity contribution in [2.75, 3.05) is 4.72 Å². The first-order valence-electron chi connectivity index (χ1n) is 6.96. The zero-order valence-corrected chi connectivity index (χ0v) is 13.8. The molecule has 4 rings (SSSR count). The highest BCUT2D eigenvalue weighted by Gasteiger charge is 2.18. The Morgan fingerprint density at radius 1 is 1.12 bits per heavy atom. The van der Waals surface area contributed by atoms with Crippen LogP contribution in [-0.2, 0) is 10.0 Å². The lowest BCUT2D eigenvalue weighted by molar-refractivity contribution is 0.601. The summed E-state index contributed by atoms with van der Waals surface area (Å²) in [6, 6.07) is 12.3. The molecular formula is C15H11N5O2S2. The average Bonchev–Trinajstić information content (AvgIpc) is 3.23. The molecule has 0 aliphatic heterocycles. The third kappa shape index (κ3) is 2.74. The van der Waals surface area contributed by atoms with E-state index in [9.17, 15) is 8.42 Å². The molecule has 3 heterocycles. The van der Waals surface area contributed by atoms with E-state index in [1.165, 1.54) is 10.6 Å². The molecule has 0 unspecified atom stereocenters. The first kappa shape index (κ1) is 14.8. The van der Waals surface area contributed by atoms with Crippen LogP contribution in [0.25, 0.3) is 16.2 Å². The fourth-order valence-corrected chi connectivity index (χ4v) is 3.92. The normalized spacial score (nSPS) is 11.7. The molecule has 0 atom stereocenters. The lowest BCUT2D eigenvalue weighted by Crippen LogP contribution is -2.14. The highest BCUT2D eigenvalue weighted by atomic mass is 32.2. The molecule has 0 aliphatic carbocycles. The van der Waals surface area contributed by atoms with Crippen molar-refractivity contribution in [3.05, 3.63) is 60.2 Å². The van der Waals surface area contributed by atoms with Gasteiger partial charge in [0.15, 0.2) is 0 Å². The number of hydrogen-bond acceptors (Lipinski definition) is 6. The number of benzene rings is 1. The van der Waals surface area contributed by atoms with Gasteiger partial charge in [-0.05, 0) is 35.2 Å². The van der Waals surface area contributed by atoms with Gasteiger partial charge in [-0.1, -0.05) is 18.2 Å². The number of nitrogens with zero attached hydrogens (tertiary/aromatic N) is 4. The molecule has 0 fully saturated rings. The van der Waals surface area contributed by atoms with Crippen molar-refractivity contribution in [3.63, 3.8) is 0 Å². The van der Waals surface area contributed by atoms with Gasteiger partial charge in [0, 0.05) is 17.3 Å². The van der Waals surface area contributed by atoms with Crippen LogP contribution in [0.2, 0.25) is 0 Å². The van der Waals surface area contributed by atoms with Crippen molar-refractivity contribution in [2.45, 2.75) is 4.90 Å². The number of sulfonamides is 1. The predicted octanol–water partition coefficient (Wildman–Crippen LogP) is 2.65. The van der Waals surface area contributed by atoms with Crippen LogP contribution >= 0.6 is 11.3 Å². The standard InChI is InChI=1S/C15H11N5O2S2/c21-24(22,19-14-17-15-16-7-3-8-20(15)18-14)12-5-1-4-11(10-12)13-6-2-9-23-13/h1-10H,(H,18,19). The van der Waals surface area contributed by atoms with Crippen LogP contribution in [0.4, 0.5) is 5.95 Å². The highest BCUT2D eigenvalue weighted by molar-refractivity contribution is 7.92. The first-order valence-corrected chi connectivity index (χ1v) is 9.32. The minimum absolute atomic E-state index is 0.0183. The third-order valence-corrected chi connectivity index (χ3v) is 5.54. The molecule has 0 saturated carbocycles. The van der Waals surface area contributed by atoms with Gasteiger partial charge in [-0.15, -0.1) is 16.4 Å². The van der Waals surface area contributed by atoms with Crippen LogP contribution in [0.3, 0.4) is 0 Å². The Hall–Kier alpha value is -2.78. The van der Waals surface area contributed by atoms with Gasteiger partial charge in [0.25, 0.3) is 21.7 Å². The number of thiophene rings is 1. The zero-order valence-electron chi connectivity index (χ0n) is 12.2. The highest BCUT2D eigenvalue weighted by Crippen LogP contribution is 2.27. The Balaban J connectivity index is 1.68. The van der Waals surface area contributed by atoms with Crippen molar-refractivity contribution in [1.29, 1.82) is 0 Å². The van der Waals surface area contributed by atoms with Crippen LogP contribution in [0, 0.1) is 0 Å². The second-order valence-electron chi connectivity index (χ2n) is 4.91. The minimum atomic E-state index is -3.79. The van der Waals surface area contributed by atoms with Gasteiger partial charge in [-0.3, -0.25) is 0 Å². The van der Waals surface area contributed by atoms with Crippen LogP contribution in [0.5, 0.6) is 0 Å². The second kappa shape index (κ2) is 5.69. The van der Waals surface area contributed by atoms with E-state index >= 15 is 0 Å². The fourth-order valence-electron chi connectivity index (χ4n) is 2.21. The molecule has 1 aromatic carbocycles. The molecule has 7 nitrogen and oxygen atoms in total. The van der Waals surface area contributed by atoms with E-state index in [4.69, 9.17) is 0 Å². The quantitative estimate of drug-likeness (QED) is 0.606. The maximum absolute atomic E-state index is 12.6. The summed E-state index contributed by atoms with van der Waals surface area (Å²) in [4.78, 5) is 9.21. The summed E-state index contributed by atoms with van der Waals surface area (Å²) >= 11 is 1.55. The van der Waals surface area contributed by atoms with Crippen LogP contribution in [0.1, 0.15) is 0 Å². The number of aromatic nitrogens is 4. The molecule has 0 radical (unpaired) electrons. The van der Waals surface area contributed by atoms with Crippen LogP contribution in [-0.4, -0.2) is 28.0 Å². The topological polar surface area (TPSA) is 89.2 Å². The van der Waals surface area contributed by atoms with Gasteiger partial charge in [-0.2, -0.15) is 4.98 Å². The lowest BCUT2D eigenvalue weighted by Gasteiger charge is -2.06. The van der Waals surface area contributed by atoms with E-state index in [-0.39, 0.29) is 10.8 Å². The van der Waals surface area contributed by atoms with Gasteiger partial charge in [-0.25, -0.2) is 22.6 Å². The van der Waals surface area contributed by atoms with Crippen molar-refractivity contribution < 1.29 is 8.42 Å². The summed E-state index contributed by atoms with van der Waals surface area (Å²) in [5.74, 6) is 0.303. The Labute approximate surface area is 141 Å². The van der Waals surface area contributed by atoms with E-state index in [1.54, 1.807) is 41.9 Å². The van der Waals surface area contributed by atoms with E-state index < -0.39 is 10.0 Å². The molecule has 3 aromatic heterocycles. The molecule has 0 bridgehead atoms. The van der Waals surface area contributed by atoms with E-state index in [1.807, 2.05) is 23.6 Å². The lowest BCUT2D eigenvalue weighted by atomic mass is 10.2. The summed E-state index contributed by atoms with van der Waals surface area (Å²) in [5, 5.41) is 6.00. The zero-order chi connectivity index (χ0) is 16.6. The minimum Gasteiger partial charge on any atom is -0.246 e. The smallest absolute Gasteiger partial charge is 0.246 e. The number of nitrogens with one attached hydrogen (secondary N) is 1. The largest absolute Gasteiger partial charge is 0.264 e. The molecule has 0 saturated heterocycles. The maximum atomic E-state index is 12.6. The summed E-state index contributed by atoms with van der Waals surface area (Å²) in [7, 11) is -3.79. The summed E-state index contributed by atoms with van der Waals surface area (Å²) in [6.45, 7) is 0. The SMILES string of the molecule is O=S(=O)(Nc1nc2ncccn2n1)c1cccc(-c2cccs2)c1. The predicted molar refractivity (Wildman–Crippen MR) is 91.3 cm³/mol. The molecule has 9 heteroatoms. The van der Waals surface area contributed by atoms with Gasteiger partial charge >= 0.3 is 0 Å². The number of anilines is 1. The maximum Gasteiger partial charge on any atom is 0.264 e. The first-order chi connectivity index (χ1) is 11.6. The molecule has 0 spiro atoms. The van der Waals surface area contributed by atoms with Gasteiger partial charge in [0.1, 0.15) is 0 Å². The Morgan fingerprint density at radius 2 is 2.04 bits per heavy atom. The van der Waals surface area contributed by atoms with Crippen molar-refractivity contribution in [2.24, 2.45) is 0 Å². The van der Waals surface area contributed by atoms with Gasteiger partial charge < -0.3 is 0 Å². The van der Waals surface area contributed by atoms with E-state index in [0.29, 0.717) is 5.78 Å². The molecule has 120 valence electrons. The summed E-state index contributed by atoms with van der Waals surface area (Å²) < 4.78 is 29.0. The third-order valence-electron chi connectivity index (χ3n) is 3.29. The second-order valence-corrected chi connectivity index (χ2v) is 7.54. The monoisotopic (exact) mass is 357 g/mol. The van der Waals surface area contributed by atoms with Crippen molar-refractivity contribution in [1.82, 2.24) is 19.6 Å². The van der Waals surface area contributed by atoms with Crippen LogP contribution < -0.4 is 4.72 Å². The molecule has 0 aliphatic rings. The summed E-state index contributed by atoms with van der Waals surface area (Å²) in [5.41, 5.74) is 0.845. The Kier molecular flexibility index (Phi) is 3.51. The number of rotatable bonds is 4. The number of hydrogen-bond donors (Lipinski definition) is 1. The Morgan fingerprint density at radius 3 is 2.83 bits per heavy atom. The molecule has 1 N–H and O–H groups in total. The average molecular weight is 357 g/mol.